The van der Waals surface area contributed by atoms with Crippen molar-refractivity contribution in [2.75, 3.05) is 32.6 Å². The first-order valence-electron chi connectivity index (χ1n) is 8.13. The van der Waals surface area contributed by atoms with E-state index in [-0.39, 0.29) is 17.9 Å². The number of benzene rings is 2. The van der Waals surface area contributed by atoms with Crippen LogP contribution in [0.5, 0.6) is 11.5 Å². The summed E-state index contributed by atoms with van der Waals surface area (Å²) in [7, 11) is 2.76. The van der Waals surface area contributed by atoms with Crippen molar-refractivity contribution in [3.05, 3.63) is 53.8 Å². The largest absolute Gasteiger partial charge is 0.507 e. The predicted octanol–water partition coefficient (Wildman–Crippen LogP) is 1.79. The van der Waals surface area contributed by atoms with Crippen molar-refractivity contribution < 1.29 is 33.4 Å². The van der Waals surface area contributed by atoms with Gasteiger partial charge in [0.1, 0.15) is 22.9 Å². The van der Waals surface area contributed by atoms with E-state index in [0.717, 1.165) is 4.90 Å². The average molecular weight is 390 g/mol. The lowest BCUT2D eigenvalue weighted by Crippen LogP contribution is -2.37. The number of halogens is 1. The van der Waals surface area contributed by atoms with Gasteiger partial charge in [-0.3, -0.25) is 9.59 Å². The molecular weight excluding hydrogens is 371 g/mol. The fourth-order valence-electron chi connectivity index (χ4n) is 2.16. The summed E-state index contributed by atoms with van der Waals surface area (Å²) in [5.74, 6) is -2.44. The summed E-state index contributed by atoms with van der Waals surface area (Å²) in [6.45, 7) is -0.909. The lowest BCUT2D eigenvalue weighted by atomic mass is 10.2. The number of amides is 2. The molecule has 8 nitrogen and oxygen atoms in total. The van der Waals surface area contributed by atoms with Crippen LogP contribution in [0.2, 0.25) is 0 Å². The number of ether oxygens (including phenoxy) is 2. The Labute approximate surface area is 160 Å². The zero-order chi connectivity index (χ0) is 20.7. The smallest absolute Gasteiger partial charge is 0.342 e. The Kier molecular flexibility index (Phi) is 6.91. The molecule has 0 saturated heterocycles. The van der Waals surface area contributed by atoms with Crippen molar-refractivity contribution in [2.45, 2.75) is 0 Å². The van der Waals surface area contributed by atoms with Gasteiger partial charge in [-0.05, 0) is 42.5 Å². The zero-order valence-corrected chi connectivity index (χ0v) is 15.3. The monoisotopic (exact) mass is 390 g/mol. The number of hydrogen-bond acceptors (Lipinski definition) is 6. The van der Waals surface area contributed by atoms with Crippen LogP contribution >= 0.6 is 0 Å². The van der Waals surface area contributed by atoms with Crippen molar-refractivity contribution in [3.8, 4) is 11.5 Å². The average Bonchev–Trinajstić information content (AvgIpc) is 2.67. The van der Waals surface area contributed by atoms with E-state index in [0.29, 0.717) is 11.4 Å². The van der Waals surface area contributed by atoms with Crippen molar-refractivity contribution in [1.82, 2.24) is 4.90 Å². The quantitative estimate of drug-likeness (QED) is 0.699. The minimum atomic E-state index is -0.908. The second kappa shape index (κ2) is 9.36. The molecule has 2 amide bonds. The third-order valence-corrected chi connectivity index (χ3v) is 3.68. The maximum absolute atomic E-state index is 12.9. The second-order valence-corrected chi connectivity index (χ2v) is 5.76. The summed E-state index contributed by atoms with van der Waals surface area (Å²) < 4.78 is 22.7. The van der Waals surface area contributed by atoms with Crippen LogP contribution in [0.15, 0.2) is 42.5 Å². The normalized spacial score (nSPS) is 10.1. The molecule has 0 radical (unpaired) electrons. The van der Waals surface area contributed by atoms with E-state index in [9.17, 15) is 23.9 Å². The maximum Gasteiger partial charge on any atom is 0.342 e. The van der Waals surface area contributed by atoms with E-state index in [1.54, 1.807) is 0 Å². The van der Waals surface area contributed by atoms with Crippen molar-refractivity contribution >= 4 is 23.5 Å². The number of carbonyl (C=O) groups is 3. The Hall–Kier alpha value is -3.62. The summed E-state index contributed by atoms with van der Waals surface area (Å²) in [5.41, 5.74) is 0.232. The lowest BCUT2D eigenvalue weighted by molar-refractivity contribution is -0.136. The molecule has 0 unspecified atom stereocenters. The van der Waals surface area contributed by atoms with Crippen LogP contribution < -0.4 is 10.1 Å². The standard InChI is InChI=1S/C19H19FN2O6/c1-22(10-17(24)21-13-5-3-12(20)4-6-13)18(25)11-28-19(26)15-9-14(27-2)7-8-16(15)23/h3-9,23H,10-11H2,1-2H3,(H,21,24). The number of nitrogens with zero attached hydrogens (tertiary/aromatic N) is 1. The topological polar surface area (TPSA) is 105 Å². The van der Waals surface area contributed by atoms with Crippen molar-refractivity contribution in [1.29, 1.82) is 0 Å². The molecule has 148 valence electrons. The highest BCUT2D eigenvalue weighted by Crippen LogP contribution is 2.23. The van der Waals surface area contributed by atoms with Gasteiger partial charge in [-0.15, -0.1) is 0 Å². The molecule has 0 aliphatic heterocycles. The summed E-state index contributed by atoms with van der Waals surface area (Å²) in [4.78, 5) is 37.1. The van der Waals surface area contributed by atoms with E-state index in [4.69, 9.17) is 9.47 Å². The van der Waals surface area contributed by atoms with E-state index >= 15 is 0 Å². The molecule has 0 atom stereocenters. The molecule has 0 bridgehead atoms. The Morgan fingerprint density at radius 1 is 1.14 bits per heavy atom. The van der Waals surface area contributed by atoms with Gasteiger partial charge < -0.3 is 24.8 Å². The number of methoxy groups -OCH3 is 1. The van der Waals surface area contributed by atoms with Gasteiger partial charge in [-0.2, -0.15) is 0 Å². The summed E-state index contributed by atoms with van der Waals surface area (Å²) in [5, 5.41) is 12.2. The second-order valence-electron chi connectivity index (χ2n) is 5.76. The molecular formula is C19H19FN2O6. The SMILES string of the molecule is COc1ccc(O)c(C(=O)OCC(=O)N(C)CC(=O)Nc2ccc(F)cc2)c1. The molecule has 0 aliphatic carbocycles. The highest BCUT2D eigenvalue weighted by molar-refractivity contribution is 5.96. The van der Waals surface area contributed by atoms with Crippen LogP contribution in [0.3, 0.4) is 0 Å². The molecule has 9 heteroatoms. The number of aromatic hydroxyl groups is 1. The van der Waals surface area contributed by atoms with Crippen LogP contribution in [0.4, 0.5) is 10.1 Å². The summed E-state index contributed by atoms with van der Waals surface area (Å²) in [6, 6.07) is 9.17. The van der Waals surface area contributed by atoms with Crippen LogP contribution in [0.25, 0.3) is 0 Å². The number of rotatable bonds is 7. The minimum Gasteiger partial charge on any atom is -0.507 e. The van der Waals surface area contributed by atoms with Gasteiger partial charge in [0.2, 0.25) is 5.91 Å². The molecule has 0 heterocycles. The predicted molar refractivity (Wildman–Crippen MR) is 97.6 cm³/mol. The third-order valence-electron chi connectivity index (χ3n) is 3.68. The zero-order valence-electron chi connectivity index (χ0n) is 15.3. The molecule has 2 rings (SSSR count). The minimum absolute atomic E-state index is 0.149. The first kappa shape index (κ1) is 20.7. The summed E-state index contributed by atoms with van der Waals surface area (Å²) >= 11 is 0. The molecule has 0 spiro atoms. The molecule has 2 N–H and O–H groups in total. The molecule has 28 heavy (non-hydrogen) atoms. The Morgan fingerprint density at radius 3 is 2.46 bits per heavy atom. The van der Waals surface area contributed by atoms with Crippen molar-refractivity contribution in [3.63, 3.8) is 0 Å². The van der Waals surface area contributed by atoms with Crippen LogP contribution in [-0.2, 0) is 14.3 Å². The summed E-state index contributed by atoms with van der Waals surface area (Å²) in [6.07, 6.45) is 0. The highest BCUT2D eigenvalue weighted by atomic mass is 19.1. The van der Waals surface area contributed by atoms with Gasteiger partial charge in [0.05, 0.1) is 13.7 Å². The number of anilines is 1. The Morgan fingerprint density at radius 2 is 1.82 bits per heavy atom. The van der Waals surface area contributed by atoms with Gasteiger partial charge in [0.25, 0.3) is 5.91 Å². The fourth-order valence-corrected chi connectivity index (χ4v) is 2.16. The highest BCUT2D eigenvalue weighted by Gasteiger charge is 2.18. The van der Waals surface area contributed by atoms with Gasteiger partial charge in [-0.25, -0.2) is 9.18 Å². The Balaban J connectivity index is 1.85. The van der Waals surface area contributed by atoms with Crippen LogP contribution in [0.1, 0.15) is 10.4 Å². The van der Waals surface area contributed by atoms with Gasteiger partial charge in [0.15, 0.2) is 6.61 Å². The number of hydrogen-bond donors (Lipinski definition) is 2. The number of nitrogens with one attached hydrogen (secondary N) is 1. The number of phenolic OH excluding ortho intramolecular Hbond substituents is 1. The van der Waals surface area contributed by atoms with E-state index < -0.39 is 30.2 Å². The Bertz CT molecular complexity index is 869. The third kappa shape index (κ3) is 5.70. The van der Waals surface area contributed by atoms with E-state index in [1.807, 2.05) is 0 Å². The molecule has 0 fully saturated rings. The van der Waals surface area contributed by atoms with E-state index in [2.05, 4.69) is 5.32 Å². The van der Waals surface area contributed by atoms with Crippen LogP contribution in [-0.4, -0.2) is 55.1 Å². The number of carbonyl (C=O) groups excluding carboxylic acids is 3. The molecule has 0 saturated carbocycles. The fraction of sp³-hybridized carbons (Fsp3) is 0.211. The first-order chi connectivity index (χ1) is 13.3. The van der Waals surface area contributed by atoms with Gasteiger partial charge in [0, 0.05) is 12.7 Å². The van der Waals surface area contributed by atoms with Crippen molar-refractivity contribution in [2.24, 2.45) is 0 Å². The molecule has 2 aromatic rings. The lowest BCUT2D eigenvalue weighted by Gasteiger charge is -2.17. The molecule has 0 aliphatic rings. The van der Waals surface area contributed by atoms with Gasteiger partial charge in [-0.1, -0.05) is 0 Å². The number of esters is 1. The molecule has 0 aromatic heterocycles. The molecule has 2 aromatic carbocycles. The number of likely N-dealkylation sites (N-methyl/N-ethyl adjacent to an activating group) is 1. The van der Waals surface area contributed by atoms with E-state index in [1.165, 1.54) is 56.6 Å². The maximum atomic E-state index is 12.9. The first-order valence-corrected chi connectivity index (χ1v) is 8.13. The van der Waals surface area contributed by atoms with Gasteiger partial charge >= 0.3 is 5.97 Å². The number of phenols is 1. The van der Waals surface area contributed by atoms with Crippen LogP contribution in [0, 0.1) is 5.82 Å².